The lowest BCUT2D eigenvalue weighted by Gasteiger charge is -2.23. The molecule has 0 aromatic carbocycles. The number of carbonyl (C=O) groups excluding carboxylic acids is 1. The quantitative estimate of drug-likeness (QED) is 0.656. The lowest BCUT2D eigenvalue weighted by molar-refractivity contribution is -0.158. The van der Waals surface area contributed by atoms with Crippen LogP contribution in [0.4, 0.5) is 19.0 Å². The molecule has 2 N–H and O–H groups in total. The third kappa shape index (κ3) is 4.50. The SMILES string of the molecule is C[C@@H](Nc1ccnc(-c2c[nH]c3ncc(Cl)cc23)n1)C(=O)N(C)CC(F)(F)F.[HH].[HH]. The van der Waals surface area contributed by atoms with E-state index in [1.807, 2.05) is 0 Å². The smallest absolute Gasteiger partial charge is 0.359 e. The number of aromatic amines is 1. The summed E-state index contributed by atoms with van der Waals surface area (Å²) in [5.41, 5.74) is 1.26. The number of alkyl halides is 3. The number of hydrogen-bond acceptors (Lipinski definition) is 5. The summed E-state index contributed by atoms with van der Waals surface area (Å²) >= 11 is 5.99. The summed E-state index contributed by atoms with van der Waals surface area (Å²) in [4.78, 5) is 28.5. The van der Waals surface area contributed by atoms with Crippen molar-refractivity contribution >= 4 is 34.4 Å². The number of nitrogens with one attached hydrogen (secondary N) is 2. The molecule has 3 rings (SSSR count). The van der Waals surface area contributed by atoms with Crippen LogP contribution >= 0.6 is 11.6 Å². The first-order valence-electron chi connectivity index (χ1n) is 8.18. The molecule has 0 saturated carbocycles. The van der Waals surface area contributed by atoms with E-state index in [4.69, 9.17) is 11.6 Å². The molecule has 0 aliphatic carbocycles. The predicted octanol–water partition coefficient (Wildman–Crippen LogP) is 3.99. The van der Waals surface area contributed by atoms with Crippen LogP contribution in [-0.2, 0) is 4.79 Å². The van der Waals surface area contributed by atoms with Gasteiger partial charge in [0.1, 0.15) is 24.1 Å². The Morgan fingerprint density at radius 1 is 1.43 bits per heavy atom. The predicted molar refractivity (Wildman–Crippen MR) is 103 cm³/mol. The third-order valence-corrected chi connectivity index (χ3v) is 4.13. The second-order valence-corrected chi connectivity index (χ2v) is 6.63. The number of fused-ring (bicyclic) bond motifs is 1. The Bertz CT molecular complexity index is 1020. The molecule has 3 heterocycles. The van der Waals surface area contributed by atoms with Crippen LogP contribution in [0.3, 0.4) is 0 Å². The molecule has 1 amide bonds. The van der Waals surface area contributed by atoms with Gasteiger partial charge in [0.2, 0.25) is 5.91 Å². The van der Waals surface area contributed by atoms with Crippen molar-refractivity contribution in [2.75, 3.05) is 18.9 Å². The monoisotopic (exact) mass is 416 g/mol. The lowest BCUT2D eigenvalue weighted by Crippen LogP contribution is -2.43. The third-order valence-electron chi connectivity index (χ3n) is 3.92. The van der Waals surface area contributed by atoms with E-state index in [9.17, 15) is 18.0 Å². The number of rotatable bonds is 5. The zero-order valence-electron chi connectivity index (χ0n) is 14.9. The number of H-pyrrole nitrogens is 1. The molecular formula is C17H20ClF3N6O. The molecule has 3 aromatic heterocycles. The van der Waals surface area contributed by atoms with Crippen LogP contribution in [0.25, 0.3) is 22.4 Å². The second kappa shape index (κ2) is 7.63. The van der Waals surface area contributed by atoms with E-state index < -0.39 is 24.7 Å². The van der Waals surface area contributed by atoms with Crippen molar-refractivity contribution in [1.82, 2.24) is 24.8 Å². The van der Waals surface area contributed by atoms with E-state index in [1.165, 1.54) is 25.4 Å². The minimum absolute atomic E-state index is 0. The minimum atomic E-state index is -4.46. The molecule has 0 aliphatic rings. The Morgan fingerprint density at radius 2 is 2.18 bits per heavy atom. The van der Waals surface area contributed by atoms with E-state index in [2.05, 4.69) is 25.3 Å². The second-order valence-electron chi connectivity index (χ2n) is 6.19. The number of hydrogen-bond donors (Lipinski definition) is 2. The minimum Gasteiger partial charge on any atom is -0.359 e. The molecule has 0 radical (unpaired) electrons. The largest absolute Gasteiger partial charge is 0.406 e. The van der Waals surface area contributed by atoms with Crippen LogP contribution in [0, 0.1) is 0 Å². The topological polar surface area (TPSA) is 86.8 Å². The Labute approximate surface area is 165 Å². The van der Waals surface area contributed by atoms with E-state index in [-0.39, 0.29) is 2.85 Å². The molecule has 0 unspecified atom stereocenters. The number of aromatic nitrogens is 4. The first-order valence-corrected chi connectivity index (χ1v) is 8.56. The summed E-state index contributed by atoms with van der Waals surface area (Å²) in [5, 5.41) is 3.98. The van der Waals surface area contributed by atoms with Crippen molar-refractivity contribution in [3.63, 3.8) is 0 Å². The van der Waals surface area contributed by atoms with Gasteiger partial charge in [0.05, 0.1) is 5.02 Å². The highest BCUT2D eigenvalue weighted by atomic mass is 35.5. The van der Waals surface area contributed by atoms with Crippen molar-refractivity contribution in [3.05, 3.63) is 35.7 Å². The number of anilines is 1. The molecule has 0 aliphatic heterocycles. The molecule has 0 fully saturated rings. The van der Waals surface area contributed by atoms with Gasteiger partial charge in [-0.3, -0.25) is 4.79 Å². The summed E-state index contributed by atoms with van der Waals surface area (Å²) in [6.07, 6.45) is 0.210. The van der Waals surface area contributed by atoms with Crippen molar-refractivity contribution in [1.29, 1.82) is 0 Å². The molecular weight excluding hydrogens is 397 g/mol. The maximum absolute atomic E-state index is 12.5. The molecule has 3 aromatic rings. The molecule has 0 bridgehead atoms. The van der Waals surface area contributed by atoms with Gasteiger partial charge in [0.25, 0.3) is 0 Å². The number of likely N-dealkylation sites (N-methyl/N-ethyl adjacent to an activating group) is 1. The number of halogens is 4. The fraction of sp³-hybridized carbons (Fsp3) is 0.294. The Hall–Kier alpha value is -2.88. The lowest BCUT2D eigenvalue weighted by atomic mass is 10.2. The van der Waals surface area contributed by atoms with E-state index in [1.54, 1.807) is 12.3 Å². The van der Waals surface area contributed by atoms with Gasteiger partial charge in [-0.2, -0.15) is 13.2 Å². The fourth-order valence-corrected chi connectivity index (χ4v) is 2.85. The van der Waals surface area contributed by atoms with Gasteiger partial charge in [0.15, 0.2) is 5.82 Å². The summed E-state index contributed by atoms with van der Waals surface area (Å²) < 4.78 is 37.4. The zero-order chi connectivity index (χ0) is 20.5. The number of amides is 1. The first-order chi connectivity index (χ1) is 13.1. The van der Waals surface area contributed by atoms with Crippen molar-refractivity contribution in [2.45, 2.75) is 19.1 Å². The maximum Gasteiger partial charge on any atom is 0.406 e. The number of nitrogens with zero attached hydrogens (tertiary/aromatic N) is 4. The zero-order valence-corrected chi connectivity index (χ0v) is 15.6. The molecule has 7 nitrogen and oxygen atoms in total. The van der Waals surface area contributed by atoms with Crippen LogP contribution in [-0.4, -0.2) is 56.6 Å². The van der Waals surface area contributed by atoms with Crippen LogP contribution < -0.4 is 5.32 Å². The van der Waals surface area contributed by atoms with Gasteiger partial charge in [-0.15, -0.1) is 0 Å². The van der Waals surface area contributed by atoms with Crippen LogP contribution in [0.5, 0.6) is 0 Å². The van der Waals surface area contributed by atoms with Crippen LogP contribution in [0.15, 0.2) is 30.7 Å². The molecule has 0 saturated heterocycles. The highest BCUT2D eigenvalue weighted by Gasteiger charge is 2.32. The molecule has 11 heteroatoms. The van der Waals surface area contributed by atoms with Gasteiger partial charge < -0.3 is 15.2 Å². The van der Waals surface area contributed by atoms with E-state index in [0.29, 0.717) is 32.8 Å². The fourth-order valence-electron chi connectivity index (χ4n) is 2.69. The van der Waals surface area contributed by atoms with Gasteiger partial charge in [-0.25, -0.2) is 15.0 Å². The van der Waals surface area contributed by atoms with Crippen molar-refractivity contribution < 1.29 is 20.8 Å². The molecule has 152 valence electrons. The summed E-state index contributed by atoms with van der Waals surface area (Å²) in [6.45, 7) is 0.141. The highest BCUT2D eigenvalue weighted by Crippen LogP contribution is 2.27. The van der Waals surface area contributed by atoms with Gasteiger partial charge in [-0.05, 0) is 19.1 Å². The average molecular weight is 417 g/mol. The Balaban J connectivity index is 0.00000225. The summed E-state index contributed by atoms with van der Waals surface area (Å²) in [5.74, 6) is -0.0558. The first kappa shape index (κ1) is 19.9. The Kier molecular flexibility index (Phi) is 5.41. The normalized spacial score (nSPS) is 12.8. The van der Waals surface area contributed by atoms with Crippen LogP contribution in [0.1, 0.15) is 9.78 Å². The summed E-state index contributed by atoms with van der Waals surface area (Å²) in [6, 6.07) is 2.34. The maximum atomic E-state index is 12.5. The van der Waals surface area contributed by atoms with Gasteiger partial charge in [-0.1, -0.05) is 11.6 Å². The molecule has 1 atom stereocenters. The molecule has 28 heavy (non-hydrogen) atoms. The van der Waals surface area contributed by atoms with Crippen molar-refractivity contribution in [2.24, 2.45) is 0 Å². The number of pyridine rings is 1. The Morgan fingerprint density at radius 3 is 2.89 bits per heavy atom. The molecule has 0 spiro atoms. The standard InChI is InChI=1S/C17H16ClF3N6O.2H2/c1-9(16(28)27(2)8-17(19,20)21)25-13-3-4-22-15(26-13)12-7-24-14-11(12)5-10(18)6-23-14;;/h3-7,9H,8H2,1-2H3,(H,23,24)(H,22,25,26);2*1H/t9-;;/m1../s1. The van der Waals surface area contributed by atoms with E-state index >= 15 is 0 Å². The van der Waals surface area contributed by atoms with Crippen molar-refractivity contribution in [3.8, 4) is 11.4 Å². The average Bonchev–Trinajstić information content (AvgIpc) is 3.02. The number of carbonyl (C=O) groups is 1. The van der Waals surface area contributed by atoms with Gasteiger partial charge in [0, 0.05) is 39.4 Å². The summed E-state index contributed by atoms with van der Waals surface area (Å²) in [7, 11) is 1.10. The van der Waals surface area contributed by atoms with E-state index in [0.717, 1.165) is 12.4 Å². The highest BCUT2D eigenvalue weighted by molar-refractivity contribution is 6.31. The van der Waals surface area contributed by atoms with Crippen LogP contribution in [0.2, 0.25) is 5.02 Å². The van der Waals surface area contributed by atoms with Gasteiger partial charge >= 0.3 is 6.18 Å².